The van der Waals surface area contributed by atoms with Crippen LogP contribution < -0.4 is 4.74 Å². The van der Waals surface area contributed by atoms with Crippen LogP contribution in [0.25, 0.3) is 0 Å². The van der Waals surface area contributed by atoms with Crippen LogP contribution >= 0.6 is 11.6 Å². The normalized spacial score (nSPS) is 15.9. The molecule has 0 atom stereocenters. The van der Waals surface area contributed by atoms with Gasteiger partial charge < -0.3 is 4.74 Å². The van der Waals surface area contributed by atoms with Crippen molar-refractivity contribution in [3.63, 3.8) is 0 Å². The molecule has 1 saturated carbocycles. The van der Waals surface area contributed by atoms with Gasteiger partial charge in [-0.05, 0) is 48.1 Å². The number of hydrogen-bond donors (Lipinski definition) is 0. The largest absolute Gasteiger partial charge is 0.489 e. The standard InChI is InChI=1S/C19H21ClO/c20-17-11-12-19(21-14-15-7-3-1-4-8-15)18(13-17)16-9-5-2-6-10-16/h1,3-4,7-8,11-13,16H,2,5-6,9-10,14H2. The van der Waals surface area contributed by atoms with E-state index in [0.29, 0.717) is 12.5 Å². The average molecular weight is 301 g/mol. The topological polar surface area (TPSA) is 9.23 Å². The number of hydrogen-bond acceptors (Lipinski definition) is 1. The molecule has 1 aliphatic carbocycles. The molecule has 1 fully saturated rings. The average Bonchev–Trinajstić information content (AvgIpc) is 2.55. The molecular formula is C19H21ClO. The fourth-order valence-corrected chi connectivity index (χ4v) is 3.30. The van der Waals surface area contributed by atoms with Gasteiger partial charge in [0.25, 0.3) is 0 Å². The van der Waals surface area contributed by atoms with E-state index in [2.05, 4.69) is 18.2 Å². The van der Waals surface area contributed by atoms with Gasteiger partial charge in [-0.2, -0.15) is 0 Å². The third-order valence-corrected chi connectivity index (χ3v) is 4.49. The SMILES string of the molecule is Clc1ccc(OCc2ccccc2)c(C2CCCCC2)c1. The molecule has 1 aliphatic rings. The molecule has 21 heavy (non-hydrogen) atoms. The minimum atomic E-state index is 0.600. The summed E-state index contributed by atoms with van der Waals surface area (Å²) in [5.41, 5.74) is 2.49. The van der Waals surface area contributed by atoms with Gasteiger partial charge in [-0.15, -0.1) is 0 Å². The van der Waals surface area contributed by atoms with Crippen LogP contribution in [0.4, 0.5) is 0 Å². The highest BCUT2D eigenvalue weighted by atomic mass is 35.5. The van der Waals surface area contributed by atoms with Crippen LogP contribution in [0, 0.1) is 0 Å². The van der Waals surface area contributed by atoms with Gasteiger partial charge in [-0.3, -0.25) is 0 Å². The molecule has 2 heteroatoms. The first-order valence-corrected chi connectivity index (χ1v) is 8.17. The van der Waals surface area contributed by atoms with Crippen molar-refractivity contribution in [2.24, 2.45) is 0 Å². The molecular weight excluding hydrogens is 280 g/mol. The van der Waals surface area contributed by atoms with Crippen molar-refractivity contribution in [1.82, 2.24) is 0 Å². The van der Waals surface area contributed by atoms with Crippen LogP contribution in [0.15, 0.2) is 48.5 Å². The van der Waals surface area contributed by atoms with Gasteiger partial charge in [0.2, 0.25) is 0 Å². The molecule has 0 spiro atoms. The third-order valence-electron chi connectivity index (χ3n) is 4.25. The minimum absolute atomic E-state index is 0.600. The molecule has 2 aromatic rings. The summed E-state index contributed by atoms with van der Waals surface area (Å²) in [6.45, 7) is 0.613. The molecule has 0 aliphatic heterocycles. The predicted molar refractivity (Wildman–Crippen MR) is 88.1 cm³/mol. The van der Waals surface area contributed by atoms with Gasteiger partial charge in [0.15, 0.2) is 0 Å². The maximum Gasteiger partial charge on any atom is 0.123 e. The van der Waals surface area contributed by atoms with Gasteiger partial charge in [0, 0.05) is 5.02 Å². The van der Waals surface area contributed by atoms with Crippen molar-refractivity contribution in [1.29, 1.82) is 0 Å². The zero-order valence-corrected chi connectivity index (χ0v) is 13.0. The second kappa shape index (κ2) is 7.00. The van der Waals surface area contributed by atoms with Crippen LogP contribution in [0.5, 0.6) is 5.75 Å². The molecule has 0 unspecified atom stereocenters. The second-order valence-corrected chi connectivity index (χ2v) is 6.23. The Labute approximate surface area is 131 Å². The fraction of sp³-hybridized carbons (Fsp3) is 0.368. The Kier molecular flexibility index (Phi) is 4.82. The lowest BCUT2D eigenvalue weighted by Gasteiger charge is -2.24. The molecule has 110 valence electrons. The van der Waals surface area contributed by atoms with Gasteiger partial charge in [-0.1, -0.05) is 61.2 Å². The summed E-state index contributed by atoms with van der Waals surface area (Å²) >= 11 is 6.20. The van der Waals surface area contributed by atoms with Crippen molar-refractivity contribution in [2.45, 2.75) is 44.6 Å². The summed E-state index contributed by atoms with van der Waals surface area (Å²) in [5.74, 6) is 1.60. The minimum Gasteiger partial charge on any atom is -0.489 e. The van der Waals surface area contributed by atoms with Gasteiger partial charge in [-0.25, -0.2) is 0 Å². The lowest BCUT2D eigenvalue weighted by molar-refractivity contribution is 0.297. The lowest BCUT2D eigenvalue weighted by Crippen LogP contribution is -2.07. The van der Waals surface area contributed by atoms with Crippen molar-refractivity contribution >= 4 is 11.6 Å². The number of halogens is 1. The number of benzene rings is 2. The highest BCUT2D eigenvalue weighted by Gasteiger charge is 2.19. The Bertz CT molecular complexity index is 573. The van der Waals surface area contributed by atoms with Crippen LogP contribution in [-0.2, 0) is 6.61 Å². The number of rotatable bonds is 4. The molecule has 0 radical (unpaired) electrons. The Morgan fingerprint density at radius 1 is 0.952 bits per heavy atom. The van der Waals surface area contributed by atoms with Crippen molar-refractivity contribution < 1.29 is 4.74 Å². The summed E-state index contributed by atoms with van der Waals surface area (Å²) in [6, 6.07) is 16.3. The molecule has 0 bridgehead atoms. The molecule has 0 saturated heterocycles. The summed E-state index contributed by atoms with van der Waals surface area (Å²) in [4.78, 5) is 0. The smallest absolute Gasteiger partial charge is 0.123 e. The van der Waals surface area contributed by atoms with Crippen LogP contribution in [0.1, 0.15) is 49.1 Å². The van der Waals surface area contributed by atoms with E-state index >= 15 is 0 Å². The molecule has 0 amide bonds. The van der Waals surface area contributed by atoms with Crippen molar-refractivity contribution in [3.8, 4) is 5.75 Å². The van der Waals surface area contributed by atoms with E-state index < -0.39 is 0 Å². The van der Waals surface area contributed by atoms with E-state index in [9.17, 15) is 0 Å². The number of ether oxygens (including phenoxy) is 1. The first kappa shape index (κ1) is 14.5. The van der Waals surface area contributed by atoms with Crippen molar-refractivity contribution in [2.75, 3.05) is 0 Å². The van der Waals surface area contributed by atoms with E-state index in [1.54, 1.807) is 0 Å². The zero-order valence-electron chi connectivity index (χ0n) is 12.2. The highest BCUT2D eigenvalue weighted by Crippen LogP contribution is 2.38. The zero-order chi connectivity index (χ0) is 14.5. The Hall–Kier alpha value is -1.47. The van der Waals surface area contributed by atoms with E-state index in [4.69, 9.17) is 16.3 Å². The summed E-state index contributed by atoms with van der Waals surface area (Å²) in [7, 11) is 0. The maximum atomic E-state index is 6.20. The molecule has 0 heterocycles. The van der Waals surface area contributed by atoms with Crippen LogP contribution in [-0.4, -0.2) is 0 Å². The van der Waals surface area contributed by atoms with E-state index in [0.717, 1.165) is 10.8 Å². The third kappa shape index (κ3) is 3.79. The van der Waals surface area contributed by atoms with Gasteiger partial charge in [0.1, 0.15) is 12.4 Å². The Morgan fingerprint density at radius 3 is 2.48 bits per heavy atom. The fourth-order valence-electron chi connectivity index (χ4n) is 3.12. The van der Waals surface area contributed by atoms with E-state index in [1.165, 1.54) is 43.2 Å². The van der Waals surface area contributed by atoms with Gasteiger partial charge >= 0.3 is 0 Å². The maximum absolute atomic E-state index is 6.20. The van der Waals surface area contributed by atoms with Crippen LogP contribution in [0.3, 0.4) is 0 Å². The first-order chi connectivity index (χ1) is 10.3. The summed E-state index contributed by atoms with van der Waals surface area (Å²) < 4.78 is 6.07. The van der Waals surface area contributed by atoms with Gasteiger partial charge in [0.05, 0.1) is 0 Å². The quantitative estimate of drug-likeness (QED) is 0.676. The van der Waals surface area contributed by atoms with E-state index in [1.807, 2.05) is 30.3 Å². The predicted octanol–water partition coefficient (Wildman–Crippen LogP) is 5.97. The highest BCUT2D eigenvalue weighted by molar-refractivity contribution is 6.30. The monoisotopic (exact) mass is 300 g/mol. The van der Waals surface area contributed by atoms with E-state index in [-0.39, 0.29) is 0 Å². The Morgan fingerprint density at radius 2 is 1.71 bits per heavy atom. The molecule has 3 rings (SSSR count). The Balaban J connectivity index is 1.77. The second-order valence-electron chi connectivity index (χ2n) is 5.79. The summed E-state index contributed by atoms with van der Waals surface area (Å²) in [6.07, 6.45) is 6.49. The summed E-state index contributed by atoms with van der Waals surface area (Å²) in [5, 5.41) is 0.808. The molecule has 1 nitrogen and oxygen atoms in total. The van der Waals surface area contributed by atoms with Crippen molar-refractivity contribution in [3.05, 3.63) is 64.7 Å². The molecule has 0 aromatic heterocycles. The molecule has 0 N–H and O–H groups in total. The van der Waals surface area contributed by atoms with Crippen LogP contribution in [0.2, 0.25) is 5.02 Å². The molecule has 2 aromatic carbocycles. The lowest BCUT2D eigenvalue weighted by atomic mass is 9.84. The first-order valence-electron chi connectivity index (χ1n) is 7.79.